The van der Waals surface area contributed by atoms with Gasteiger partial charge in [0.1, 0.15) is 11.8 Å². The Morgan fingerprint density at radius 3 is 2.69 bits per heavy atom. The molecule has 0 heterocycles. The molecule has 0 bridgehead atoms. The number of hydrogen-bond donors (Lipinski definition) is 1. The van der Waals surface area contributed by atoms with E-state index >= 15 is 0 Å². The molecule has 1 rings (SSSR count). The van der Waals surface area contributed by atoms with Gasteiger partial charge in [-0.1, -0.05) is 0 Å². The topological polar surface area (TPSA) is 59.0 Å². The van der Waals surface area contributed by atoms with Gasteiger partial charge < -0.3 is 10.5 Å². The number of benzene rings is 1. The van der Waals surface area contributed by atoms with E-state index < -0.39 is 0 Å². The summed E-state index contributed by atoms with van der Waals surface area (Å²) in [5.41, 5.74) is 8.09. The van der Waals surface area contributed by atoms with Crippen LogP contribution in [0.3, 0.4) is 0 Å². The van der Waals surface area contributed by atoms with Crippen LogP contribution in [0.15, 0.2) is 12.1 Å². The molecule has 1 aromatic carbocycles. The second-order valence-electron chi connectivity index (χ2n) is 2.79. The van der Waals surface area contributed by atoms with Crippen molar-refractivity contribution < 1.29 is 4.74 Å². The number of methoxy groups -OCH3 is 1. The molecular formula is C10H12N2O. The van der Waals surface area contributed by atoms with Gasteiger partial charge in [-0.3, -0.25) is 0 Å². The van der Waals surface area contributed by atoms with E-state index in [2.05, 4.69) is 6.07 Å². The van der Waals surface area contributed by atoms with Crippen molar-refractivity contribution in [3.63, 3.8) is 0 Å². The molecule has 0 aliphatic heterocycles. The zero-order valence-electron chi connectivity index (χ0n) is 7.79. The Labute approximate surface area is 77.7 Å². The van der Waals surface area contributed by atoms with Crippen LogP contribution in [-0.2, 0) is 6.54 Å². The average molecular weight is 176 g/mol. The zero-order chi connectivity index (χ0) is 9.84. The third-order valence-corrected chi connectivity index (χ3v) is 2.00. The Hall–Kier alpha value is -1.53. The number of rotatable bonds is 2. The Bertz CT molecular complexity index is 353. The molecule has 0 aromatic heterocycles. The predicted octanol–water partition coefficient (Wildman–Crippen LogP) is 1.33. The minimum atomic E-state index is 0.449. The molecular weight excluding hydrogens is 164 g/mol. The molecule has 0 fully saturated rings. The molecule has 0 spiro atoms. The fourth-order valence-corrected chi connectivity index (χ4v) is 1.20. The smallest absolute Gasteiger partial charge is 0.136 e. The van der Waals surface area contributed by atoms with E-state index in [4.69, 9.17) is 15.7 Å². The highest BCUT2D eigenvalue weighted by atomic mass is 16.5. The van der Waals surface area contributed by atoms with Crippen LogP contribution < -0.4 is 10.5 Å². The molecule has 3 nitrogen and oxygen atoms in total. The first-order valence-electron chi connectivity index (χ1n) is 4.00. The lowest BCUT2D eigenvalue weighted by Gasteiger charge is -2.07. The molecule has 68 valence electrons. The van der Waals surface area contributed by atoms with E-state index in [1.54, 1.807) is 13.2 Å². The van der Waals surface area contributed by atoms with Crippen molar-refractivity contribution in [3.8, 4) is 11.8 Å². The van der Waals surface area contributed by atoms with E-state index in [1.165, 1.54) is 0 Å². The minimum Gasteiger partial charge on any atom is -0.495 e. The van der Waals surface area contributed by atoms with Gasteiger partial charge in [0, 0.05) is 6.54 Å². The number of ether oxygens (including phenoxy) is 1. The standard InChI is InChI=1S/C10H12N2O/c1-7-3-10(13-2)9(6-12)4-8(7)5-11/h3-4H,5,11H2,1-2H3. The van der Waals surface area contributed by atoms with Gasteiger partial charge in [-0.2, -0.15) is 5.26 Å². The second kappa shape index (κ2) is 3.92. The maximum atomic E-state index is 8.79. The quantitative estimate of drug-likeness (QED) is 0.739. The van der Waals surface area contributed by atoms with Crippen LogP contribution in [0.4, 0.5) is 0 Å². The van der Waals surface area contributed by atoms with Crippen LogP contribution in [0.1, 0.15) is 16.7 Å². The third-order valence-electron chi connectivity index (χ3n) is 2.00. The molecule has 0 saturated heterocycles. The Morgan fingerprint density at radius 1 is 1.54 bits per heavy atom. The number of nitrogens with two attached hydrogens (primary N) is 1. The largest absolute Gasteiger partial charge is 0.495 e. The van der Waals surface area contributed by atoms with Crippen molar-refractivity contribution in [2.75, 3.05) is 7.11 Å². The van der Waals surface area contributed by atoms with Crippen molar-refractivity contribution in [2.45, 2.75) is 13.5 Å². The molecule has 2 N–H and O–H groups in total. The normalized spacial score (nSPS) is 9.38. The van der Waals surface area contributed by atoms with E-state index in [0.29, 0.717) is 17.9 Å². The highest BCUT2D eigenvalue weighted by Gasteiger charge is 2.05. The molecule has 0 radical (unpaired) electrons. The van der Waals surface area contributed by atoms with Crippen LogP contribution in [0.25, 0.3) is 0 Å². The number of nitriles is 1. The second-order valence-corrected chi connectivity index (χ2v) is 2.79. The fourth-order valence-electron chi connectivity index (χ4n) is 1.20. The van der Waals surface area contributed by atoms with Crippen LogP contribution >= 0.6 is 0 Å². The maximum absolute atomic E-state index is 8.79. The summed E-state index contributed by atoms with van der Waals surface area (Å²) in [6.07, 6.45) is 0. The number of aryl methyl sites for hydroxylation is 1. The molecule has 0 amide bonds. The van der Waals surface area contributed by atoms with Gasteiger partial charge >= 0.3 is 0 Å². The molecule has 0 unspecified atom stereocenters. The van der Waals surface area contributed by atoms with Crippen LogP contribution in [-0.4, -0.2) is 7.11 Å². The van der Waals surface area contributed by atoms with Crippen molar-refractivity contribution in [2.24, 2.45) is 5.73 Å². The van der Waals surface area contributed by atoms with Crippen molar-refractivity contribution in [1.82, 2.24) is 0 Å². The van der Waals surface area contributed by atoms with Crippen molar-refractivity contribution in [1.29, 1.82) is 5.26 Å². The molecule has 0 aliphatic rings. The Balaban J connectivity index is 3.28. The summed E-state index contributed by atoms with van der Waals surface area (Å²) in [6.45, 7) is 2.40. The van der Waals surface area contributed by atoms with E-state index in [1.807, 2.05) is 13.0 Å². The minimum absolute atomic E-state index is 0.449. The molecule has 0 atom stereocenters. The van der Waals surface area contributed by atoms with Gasteiger partial charge in [0.05, 0.1) is 12.7 Å². The number of hydrogen-bond acceptors (Lipinski definition) is 3. The van der Waals surface area contributed by atoms with E-state index in [9.17, 15) is 0 Å². The monoisotopic (exact) mass is 176 g/mol. The summed E-state index contributed by atoms with van der Waals surface area (Å²) < 4.78 is 5.05. The van der Waals surface area contributed by atoms with Gasteiger partial charge in [0.15, 0.2) is 0 Å². The summed E-state index contributed by atoms with van der Waals surface area (Å²) in [5.74, 6) is 0.609. The highest BCUT2D eigenvalue weighted by Crippen LogP contribution is 2.22. The first-order valence-corrected chi connectivity index (χ1v) is 4.00. The Kier molecular flexibility index (Phi) is 2.88. The summed E-state index contributed by atoms with van der Waals surface area (Å²) in [6, 6.07) is 5.67. The van der Waals surface area contributed by atoms with Crippen molar-refractivity contribution in [3.05, 3.63) is 28.8 Å². The lowest BCUT2D eigenvalue weighted by atomic mass is 10.0. The summed E-state index contributed by atoms with van der Waals surface area (Å²) >= 11 is 0. The van der Waals surface area contributed by atoms with Gasteiger partial charge in [-0.15, -0.1) is 0 Å². The lowest BCUT2D eigenvalue weighted by Crippen LogP contribution is -2.01. The van der Waals surface area contributed by atoms with Gasteiger partial charge in [-0.05, 0) is 30.2 Å². The van der Waals surface area contributed by atoms with Crippen LogP contribution in [0.5, 0.6) is 5.75 Å². The molecule has 3 heteroatoms. The van der Waals surface area contributed by atoms with E-state index in [-0.39, 0.29) is 0 Å². The molecule has 1 aromatic rings. The summed E-state index contributed by atoms with van der Waals surface area (Å²) in [4.78, 5) is 0. The predicted molar refractivity (Wildman–Crippen MR) is 50.3 cm³/mol. The summed E-state index contributed by atoms with van der Waals surface area (Å²) in [5, 5.41) is 8.79. The third kappa shape index (κ3) is 1.79. The zero-order valence-corrected chi connectivity index (χ0v) is 7.79. The van der Waals surface area contributed by atoms with Crippen LogP contribution in [0, 0.1) is 18.3 Å². The van der Waals surface area contributed by atoms with Gasteiger partial charge in [0.2, 0.25) is 0 Å². The SMILES string of the molecule is COc1cc(C)c(CN)cc1C#N. The molecule has 0 aliphatic carbocycles. The molecule has 0 saturated carbocycles. The summed E-state index contributed by atoms with van der Waals surface area (Å²) in [7, 11) is 1.55. The first-order chi connectivity index (χ1) is 6.22. The molecule has 13 heavy (non-hydrogen) atoms. The first kappa shape index (κ1) is 9.56. The van der Waals surface area contributed by atoms with E-state index in [0.717, 1.165) is 11.1 Å². The average Bonchev–Trinajstić information content (AvgIpc) is 2.17. The Morgan fingerprint density at radius 2 is 2.23 bits per heavy atom. The highest BCUT2D eigenvalue weighted by molar-refractivity contribution is 5.48. The van der Waals surface area contributed by atoms with Gasteiger partial charge in [0.25, 0.3) is 0 Å². The van der Waals surface area contributed by atoms with Crippen molar-refractivity contribution >= 4 is 0 Å². The number of nitrogens with zero attached hydrogens (tertiary/aromatic N) is 1. The lowest BCUT2D eigenvalue weighted by molar-refractivity contribution is 0.413. The fraction of sp³-hybridized carbons (Fsp3) is 0.300. The maximum Gasteiger partial charge on any atom is 0.136 e. The van der Waals surface area contributed by atoms with Gasteiger partial charge in [-0.25, -0.2) is 0 Å². The van der Waals surface area contributed by atoms with Crippen LogP contribution in [0.2, 0.25) is 0 Å².